The summed E-state index contributed by atoms with van der Waals surface area (Å²) in [6.07, 6.45) is 3.77. The van der Waals surface area contributed by atoms with Gasteiger partial charge in [-0.2, -0.15) is 0 Å². The first kappa shape index (κ1) is 13.2. The molecule has 0 aromatic rings. The number of unbranched alkanes of at least 4 members (excludes halogenated alkanes) is 3. The van der Waals surface area contributed by atoms with Crippen LogP contribution >= 0.6 is 11.6 Å². The molecule has 0 aliphatic rings. The van der Waals surface area contributed by atoms with Crippen molar-refractivity contribution in [1.29, 1.82) is 0 Å². The van der Waals surface area contributed by atoms with Crippen molar-refractivity contribution in [2.45, 2.75) is 44.8 Å². The third kappa shape index (κ3) is 6.33. The Bertz CT molecular complexity index is 210. The number of hydrogen-bond acceptors (Lipinski definition) is 2. The first-order valence-corrected chi connectivity index (χ1v) is 7.03. The Hall–Kier alpha value is 0.240. The molecule has 0 fully saturated rings. The van der Waals surface area contributed by atoms with Crippen LogP contribution in [0.3, 0.4) is 0 Å². The third-order valence-corrected chi connectivity index (χ3v) is 4.59. The van der Waals surface area contributed by atoms with Gasteiger partial charge in [0.2, 0.25) is 0 Å². The highest BCUT2D eigenvalue weighted by atomic mass is 35.5. The Morgan fingerprint density at radius 3 is 2.08 bits per heavy atom. The second-order valence-corrected chi connectivity index (χ2v) is 6.57. The summed E-state index contributed by atoms with van der Waals surface area (Å²) in [6.45, 7) is 3.46. The monoisotopic (exact) mass is 226 g/mol. The van der Waals surface area contributed by atoms with Gasteiger partial charge in [0.15, 0.2) is 9.84 Å². The Kier molecular flexibility index (Phi) is 6.78. The Balaban J connectivity index is 3.53. The van der Waals surface area contributed by atoms with Gasteiger partial charge in [-0.15, -0.1) is 11.6 Å². The maximum absolute atomic E-state index is 11.3. The van der Waals surface area contributed by atoms with Gasteiger partial charge in [0.05, 0.1) is 11.0 Å². The lowest BCUT2D eigenvalue weighted by atomic mass is 10.2. The average Bonchev–Trinajstić information content (AvgIpc) is 2.03. The molecule has 0 aromatic heterocycles. The van der Waals surface area contributed by atoms with Crippen LogP contribution in [0.2, 0.25) is 0 Å². The maximum Gasteiger partial charge on any atom is 0.152 e. The summed E-state index contributed by atoms with van der Waals surface area (Å²) in [5.41, 5.74) is 0. The Labute approximate surface area is 86.6 Å². The lowest BCUT2D eigenvalue weighted by Gasteiger charge is -2.06. The smallest absolute Gasteiger partial charge is 0.152 e. The molecule has 0 aromatic carbocycles. The standard InChI is InChI=1S/C9H19ClO2S/c1-9(2)13(11,12)8-6-4-3-5-7-10/h9H,3-8H2,1-2H3. The molecular formula is C9H19ClO2S. The van der Waals surface area contributed by atoms with Crippen LogP contribution < -0.4 is 0 Å². The molecule has 0 bridgehead atoms. The highest BCUT2D eigenvalue weighted by molar-refractivity contribution is 7.91. The lowest BCUT2D eigenvalue weighted by Crippen LogP contribution is -2.17. The van der Waals surface area contributed by atoms with E-state index in [-0.39, 0.29) is 5.25 Å². The molecule has 0 saturated heterocycles. The van der Waals surface area contributed by atoms with Gasteiger partial charge in [-0.1, -0.05) is 12.8 Å². The molecule has 0 saturated carbocycles. The molecule has 0 rings (SSSR count). The normalized spacial score (nSPS) is 12.3. The molecule has 0 aliphatic heterocycles. The molecule has 0 spiro atoms. The second-order valence-electron chi connectivity index (χ2n) is 3.52. The molecule has 0 atom stereocenters. The van der Waals surface area contributed by atoms with Crippen LogP contribution in [0.25, 0.3) is 0 Å². The summed E-state index contributed by atoms with van der Waals surface area (Å²) in [5.74, 6) is 1.00. The van der Waals surface area contributed by atoms with E-state index in [4.69, 9.17) is 11.6 Å². The van der Waals surface area contributed by atoms with E-state index in [1.807, 2.05) is 0 Å². The van der Waals surface area contributed by atoms with Crippen molar-refractivity contribution in [3.63, 3.8) is 0 Å². The minimum absolute atomic E-state index is 0.236. The molecule has 0 heterocycles. The van der Waals surface area contributed by atoms with Crippen molar-refractivity contribution in [1.82, 2.24) is 0 Å². The molecule has 0 radical (unpaired) electrons. The molecular weight excluding hydrogens is 208 g/mol. The maximum atomic E-state index is 11.3. The van der Waals surface area contributed by atoms with Crippen molar-refractivity contribution in [3.8, 4) is 0 Å². The minimum atomic E-state index is -2.82. The van der Waals surface area contributed by atoms with Crippen molar-refractivity contribution in [3.05, 3.63) is 0 Å². The zero-order valence-electron chi connectivity index (χ0n) is 8.42. The van der Waals surface area contributed by atoms with Crippen molar-refractivity contribution in [2.24, 2.45) is 0 Å². The van der Waals surface area contributed by atoms with Crippen LogP contribution in [0.4, 0.5) is 0 Å². The van der Waals surface area contributed by atoms with E-state index < -0.39 is 9.84 Å². The predicted molar refractivity (Wildman–Crippen MR) is 58.1 cm³/mol. The van der Waals surface area contributed by atoms with Gasteiger partial charge in [0.25, 0.3) is 0 Å². The molecule has 0 amide bonds. The van der Waals surface area contributed by atoms with Crippen LogP contribution in [0.5, 0.6) is 0 Å². The zero-order valence-corrected chi connectivity index (χ0v) is 10.00. The highest BCUT2D eigenvalue weighted by Gasteiger charge is 2.14. The van der Waals surface area contributed by atoms with E-state index in [9.17, 15) is 8.42 Å². The average molecular weight is 227 g/mol. The molecule has 4 heteroatoms. The number of rotatable bonds is 7. The van der Waals surface area contributed by atoms with Crippen LogP contribution in [0.15, 0.2) is 0 Å². The summed E-state index contributed by atoms with van der Waals surface area (Å²) >= 11 is 5.50. The predicted octanol–water partition coefficient (Wildman–Crippen LogP) is 2.61. The Morgan fingerprint density at radius 2 is 1.62 bits per heavy atom. The third-order valence-electron chi connectivity index (χ3n) is 2.03. The van der Waals surface area contributed by atoms with E-state index >= 15 is 0 Å². The van der Waals surface area contributed by atoms with Gasteiger partial charge >= 0.3 is 0 Å². The van der Waals surface area contributed by atoms with Crippen molar-refractivity contribution < 1.29 is 8.42 Å². The summed E-state index contributed by atoms with van der Waals surface area (Å²) in [6, 6.07) is 0. The molecule has 0 N–H and O–H groups in total. The molecule has 2 nitrogen and oxygen atoms in total. The van der Waals surface area contributed by atoms with Gasteiger partial charge in [0.1, 0.15) is 0 Å². The number of sulfone groups is 1. The molecule has 80 valence electrons. The fraction of sp³-hybridized carbons (Fsp3) is 1.00. The summed E-state index contributed by atoms with van der Waals surface area (Å²) in [4.78, 5) is 0. The summed E-state index contributed by atoms with van der Waals surface area (Å²) in [7, 11) is -2.82. The summed E-state index contributed by atoms with van der Waals surface area (Å²) in [5, 5.41) is -0.236. The second kappa shape index (κ2) is 6.66. The van der Waals surface area contributed by atoms with Crippen LogP contribution in [0.1, 0.15) is 39.5 Å². The lowest BCUT2D eigenvalue weighted by molar-refractivity contribution is 0.580. The largest absolute Gasteiger partial charge is 0.229 e. The van der Waals surface area contributed by atoms with Gasteiger partial charge in [-0.3, -0.25) is 0 Å². The van der Waals surface area contributed by atoms with E-state index in [1.54, 1.807) is 13.8 Å². The zero-order chi connectivity index (χ0) is 10.3. The van der Waals surface area contributed by atoms with Gasteiger partial charge in [0, 0.05) is 5.88 Å². The van der Waals surface area contributed by atoms with Crippen LogP contribution in [0, 0.1) is 0 Å². The number of halogens is 1. The van der Waals surface area contributed by atoms with Crippen molar-refractivity contribution in [2.75, 3.05) is 11.6 Å². The topological polar surface area (TPSA) is 34.1 Å². The number of alkyl halides is 1. The van der Waals surface area contributed by atoms with E-state index in [0.717, 1.165) is 25.7 Å². The fourth-order valence-electron chi connectivity index (χ4n) is 0.987. The molecule has 0 aliphatic carbocycles. The SMILES string of the molecule is CC(C)S(=O)(=O)CCCCCCCl. The van der Waals surface area contributed by atoms with Gasteiger partial charge in [-0.25, -0.2) is 8.42 Å². The van der Waals surface area contributed by atoms with E-state index in [0.29, 0.717) is 11.6 Å². The fourth-order valence-corrected chi connectivity index (χ4v) is 2.25. The van der Waals surface area contributed by atoms with Crippen LogP contribution in [-0.2, 0) is 9.84 Å². The Morgan fingerprint density at radius 1 is 1.08 bits per heavy atom. The van der Waals surface area contributed by atoms with E-state index in [1.165, 1.54) is 0 Å². The molecule has 0 unspecified atom stereocenters. The van der Waals surface area contributed by atoms with Gasteiger partial charge < -0.3 is 0 Å². The first-order chi connectivity index (χ1) is 6.00. The highest BCUT2D eigenvalue weighted by Crippen LogP contribution is 2.07. The minimum Gasteiger partial charge on any atom is -0.229 e. The van der Waals surface area contributed by atoms with Gasteiger partial charge in [-0.05, 0) is 26.7 Å². The molecule has 13 heavy (non-hydrogen) atoms. The van der Waals surface area contributed by atoms with Crippen molar-refractivity contribution >= 4 is 21.4 Å². The van der Waals surface area contributed by atoms with Crippen LogP contribution in [-0.4, -0.2) is 25.3 Å². The number of hydrogen-bond donors (Lipinski definition) is 0. The quantitative estimate of drug-likeness (QED) is 0.494. The summed E-state index contributed by atoms with van der Waals surface area (Å²) < 4.78 is 22.7. The first-order valence-electron chi connectivity index (χ1n) is 4.78. The van der Waals surface area contributed by atoms with E-state index in [2.05, 4.69) is 0 Å².